The maximum Gasteiger partial charge on any atom is 0.236 e. The number of amides is 1. The molecule has 106 valence electrons. The number of nitrogens with one attached hydrogen (secondary N) is 1. The van der Waals surface area contributed by atoms with Gasteiger partial charge in [-0.3, -0.25) is 9.69 Å². The van der Waals surface area contributed by atoms with Gasteiger partial charge in [-0.05, 0) is 45.7 Å². The lowest BCUT2D eigenvalue weighted by molar-refractivity contribution is -0.130. The van der Waals surface area contributed by atoms with Crippen molar-refractivity contribution in [3.8, 4) is 0 Å². The third-order valence-corrected chi connectivity index (χ3v) is 3.89. The van der Waals surface area contributed by atoms with Gasteiger partial charge in [-0.15, -0.1) is 0 Å². The summed E-state index contributed by atoms with van der Waals surface area (Å²) in [6.45, 7) is 3.88. The Bertz CT molecular complexity index is 247. The Morgan fingerprint density at radius 1 is 1.17 bits per heavy atom. The Balaban J connectivity index is 2.27. The molecule has 4 heteroatoms. The molecule has 1 aliphatic rings. The zero-order valence-electron chi connectivity index (χ0n) is 12.4. The molecule has 0 unspecified atom stereocenters. The largest absolute Gasteiger partial charge is 0.348 e. The van der Waals surface area contributed by atoms with Crippen LogP contribution in [-0.4, -0.2) is 62.0 Å². The Morgan fingerprint density at radius 2 is 1.78 bits per heavy atom. The lowest BCUT2D eigenvalue weighted by Crippen LogP contribution is -2.44. The Hall–Kier alpha value is -0.610. The minimum atomic E-state index is 0.198. The van der Waals surface area contributed by atoms with E-state index in [2.05, 4.69) is 24.2 Å². The minimum absolute atomic E-state index is 0.198. The van der Waals surface area contributed by atoms with E-state index in [4.69, 9.17) is 0 Å². The molecular weight excluding hydrogens is 226 g/mol. The second-order valence-electron chi connectivity index (χ2n) is 5.66. The summed E-state index contributed by atoms with van der Waals surface area (Å²) < 4.78 is 0. The smallest absolute Gasteiger partial charge is 0.236 e. The zero-order valence-corrected chi connectivity index (χ0v) is 12.4. The molecule has 0 bridgehead atoms. The molecule has 4 nitrogen and oxygen atoms in total. The third-order valence-electron chi connectivity index (χ3n) is 3.89. The van der Waals surface area contributed by atoms with Gasteiger partial charge in [-0.2, -0.15) is 0 Å². The number of rotatable bonds is 6. The molecule has 0 aromatic heterocycles. The predicted molar refractivity (Wildman–Crippen MR) is 75.7 cm³/mol. The molecule has 0 saturated heterocycles. The lowest BCUT2D eigenvalue weighted by Gasteiger charge is -2.35. The summed E-state index contributed by atoms with van der Waals surface area (Å²) in [4.78, 5) is 15.6. The van der Waals surface area contributed by atoms with E-state index in [0.29, 0.717) is 18.6 Å². The molecule has 0 heterocycles. The van der Waals surface area contributed by atoms with Crippen molar-refractivity contribution in [1.82, 2.24) is 15.1 Å². The molecular formula is C14H29N3O. The van der Waals surface area contributed by atoms with E-state index in [1.165, 1.54) is 32.1 Å². The van der Waals surface area contributed by atoms with Crippen molar-refractivity contribution >= 4 is 5.91 Å². The molecule has 1 amide bonds. The number of carbonyl (C=O) groups is 1. The lowest BCUT2D eigenvalue weighted by atomic mass is 9.90. The average molecular weight is 255 g/mol. The predicted octanol–water partition coefficient (Wildman–Crippen LogP) is 1.32. The fourth-order valence-electron chi connectivity index (χ4n) is 2.55. The molecule has 0 aromatic carbocycles. The van der Waals surface area contributed by atoms with Gasteiger partial charge >= 0.3 is 0 Å². The van der Waals surface area contributed by atoms with Crippen LogP contribution < -0.4 is 5.32 Å². The first-order chi connectivity index (χ1) is 8.54. The highest BCUT2D eigenvalue weighted by Crippen LogP contribution is 2.22. The number of likely N-dealkylation sites (N-methyl/N-ethyl adjacent to an activating group) is 2. The van der Waals surface area contributed by atoms with E-state index < -0.39 is 0 Å². The van der Waals surface area contributed by atoms with Crippen molar-refractivity contribution < 1.29 is 4.79 Å². The van der Waals surface area contributed by atoms with Crippen molar-refractivity contribution in [2.24, 2.45) is 0 Å². The molecule has 0 atom stereocenters. The summed E-state index contributed by atoms with van der Waals surface area (Å²) in [5.41, 5.74) is 0. The molecule has 1 rings (SSSR count). The Morgan fingerprint density at radius 3 is 2.28 bits per heavy atom. The molecule has 1 N–H and O–H groups in total. The summed E-state index contributed by atoms with van der Waals surface area (Å²) in [7, 11) is 5.72. The van der Waals surface area contributed by atoms with Crippen LogP contribution >= 0.6 is 0 Å². The summed E-state index contributed by atoms with van der Waals surface area (Å²) in [5, 5.41) is 3.60. The van der Waals surface area contributed by atoms with Crippen molar-refractivity contribution in [1.29, 1.82) is 0 Å². The molecule has 1 aliphatic carbocycles. The number of nitrogens with zero attached hydrogens (tertiary/aromatic N) is 2. The van der Waals surface area contributed by atoms with Gasteiger partial charge in [-0.1, -0.05) is 6.92 Å². The maximum absolute atomic E-state index is 11.7. The van der Waals surface area contributed by atoms with E-state index in [0.717, 1.165) is 6.54 Å². The normalized spacial score (nSPS) is 24.3. The zero-order chi connectivity index (χ0) is 13.5. The molecule has 0 radical (unpaired) electrons. The number of hydrogen-bond donors (Lipinski definition) is 1. The Labute approximate surface area is 112 Å². The van der Waals surface area contributed by atoms with E-state index in [1.54, 1.807) is 4.90 Å². The van der Waals surface area contributed by atoms with Gasteiger partial charge in [0, 0.05) is 26.2 Å². The van der Waals surface area contributed by atoms with Crippen molar-refractivity contribution in [3.05, 3.63) is 0 Å². The van der Waals surface area contributed by atoms with Gasteiger partial charge in [0.15, 0.2) is 0 Å². The first-order valence-electron chi connectivity index (χ1n) is 7.18. The molecule has 1 fully saturated rings. The first-order valence-corrected chi connectivity index (χ1v) is 7.18. The topological polar surface area (TPSA) is 35.6 Å². The summed E-state index contributed by atoms with van der Waals surface area (Å²) in [6.07, 6.45) is 6.10. The highest BCUT2D eigenvalue weighted by molar-refractivity contribution is 5.77. The van der Waals surface area contributed by atoms with Crippen molar-refractivity contribution in [3.63, 3.8) is 0 Å². The van der Waals surface area contributed by atoms with Gasteiger partial charge in [0.2, 0.25) is 5.91 Å². The van der Waals surface area contributed by atoms with Gasteiger partial charge < -0.3 is 10.2 Å². The van der Waals surface area contributed by atoms with Gasteiger partial charge in [0.25, 0.3) is 0 Å². The van der Waals surface area contributed by atoms with Gasteiger partial charge in [-0.25, -0.2) is 0 Å². The van der Waals surface area contributed by atoms with Crippen LogP contribution in [0.3, 0.4) is 0 Å². The molecule has 18 heavy (non-hydrogen) atoms. The second kappa shape index (κ2) is 7.74. The van der Waals surface area contributed by atoms with E-state index in [-0.39, 0.29) is 5.91 Å². The van der Waals surface area contributed by atoms with Crippen molar-refractivity contribution in [2.75, 3.05) is 34.2 Å². The summed E-state index contributed by atoms with van der Waals surface area (Å²) >= 11 is 0. The van der Waals surface area contributed by atoms with Crippen LogP contribution in [0.4, 0.5) is 0 Å². The Kier molecular flexibility index (Phi) is 6.65. The van der Waals surface area contributed by atoms with E-state index >= 15 is 0 Å². The standard InChI is InChI=1S/C14H29N3O/c1-5-10-15-12-6-8-13(9-7-12)17(4)11-14(18)16(2)3/h12-13,15H,5-11H2,1-4H3. The quantitative estimate of drug-likeness (QED) is 0.777. The summed E-state index contributed by atoms with van der Waals surface area (Å²) in [5.74, 6) is 0.198. The molecule has 0 spiro atoms. The monoisotopic (exact) mass is 255 g/mol. The van der Waals surface area contributed by atoms with E-state index in [1.807, 2.05) is 14.1 Å². The highest BCUT2D eigenvalue weighted by atomic mass is 16.2. The van der Waals surface area contributed by atoms with Crippen LogP contribution in [0.25, 0.3) is 0 Å². The fourth-order valence-corrected chi connectivity index (χ4v) is 2.55. The summed E-state index contributed by atoms with van der Waals surface area (Å²) in [6, 6.07) is 1.27. The van der Waals surface area contributed by atoms with Gasteiger partial charge in [0.05, 0.1) is 6.54 Å². The van der Waals surface area contributed by atoms with E-state index in [9.17, 15) is 4.79 Å². The molecule has 0 aliphatic heterocycles. The van der Waals surface area contributed by atoms with Crippen LogP contribution in [0.1, 0.15) is 39.0 Å². The molecule has 0 aromatic rings. The third kappa shape index (κ3) is 4.94. The number of hydrogen-bond acceptors (Lipinski definition) is 3. The average Bonchev–Trinajstić information content (AvgIpc) is 2.36. The van der Waals surface area contributed by atoms with Crippen LogP contribution in [-0.2, 0) is 4.79 Å². The SMILES string of the molecule is CCCNC1CCC(N(C)CC(=O)N(C)C)CC1. The highest BCUT2D eigenvalue weighted by Gasteiger charge is 2.24. The maximum atomic E-state index is 11.7. The second-order valence-corrected chi connectivity index (χ2v) is 5.66. The van der Waals surface area contributed by atoms with Crippen LogP contribution in [0, 0.1) is 0 Å². The van der Waals surface area contributed by atoms with Gasteiger partial charge in [0.1, 0.15) is 0 Å². The van der Waals surface area contributed by atoms with Crippen LogP contribution in [0.15, 0.2) is 0 Å². The molecule has 1 saturated carbocycles. The van der Waals surface area contributed by atoms with Crippen LogP contribution in [0.5, 0.6) is 0 Å². The fraction of sp³-hybridized carbons (Fsp3) is 0.929. The van der Waals surface area contributed by atoms with Crippen molar-refractivity contribution in [2.45, 2.75) is 51.1 Å². The van der Waals surface area contributed by atoms with Crippen LogP contribution in [0.2, 0.25) is 0 Å². The minimum Gasteiger partial charge on any atom is -0.348 e. The number of carbonyl (C=O) groups excluding carboxylic acids is 1. The first kappa shape index (κ1) is 15.4.